The Bertz CT molecular complexity index is 309. The van der Waals surface area contributed by atoms with E-state index in [0.717, 1.165) is 12.1 Å². The molecule has 82 valence electrons. The summed E-state index contributed by atoms with van der Waals surface area (Å²) in [7, 11) is 1.75. The molecule has 0 spiro atoms. The molecule has 0 aromatic carbocycles. The van der Waals surface area contributed by atoms with Gasteiger partial charge in [0.2, 0.25) is 5.91 Å². The first-order valence-corrected chi connectivity index (χ1v) is 5.08. The van der Waals surface area contributed by atoms with E-state index in [1.165, 1.54) is 0 Å². The minimum Gasteiger partial charge on any atom is -0.330 e. The molecule has 1 unspecified atom stereocenters. The van der Waals surface area contributed by atoms with Crippen LogP contribution >= 0.6 is 0 Å². The quantitative estimate of drug-likeness (QED) is 0.802. The molecule has 4 heteroatoms. The smallest absolute Gasteiger partial charge is 0.231 e. The second kappa shape index (κ2) is 5.46. The van der Waals surface area contributed by atoms with Crippen molar-refractivity contribution in [2.45, 2.75) is 13.3 Å². The zero-order chi connectivity index (χ0) is 11.3. The van der Waals surface area contributed by atoms with Gasteiger partial charge in [-0.2, -0.15) is 0 Å². The molecule has 0 radical (unpaired) electrons. The van der Waals surface area contributed by atoms with E-state index < -0.39 is 0 Å². The highest BCUT2D eigenvalue weighted by atomic mass is 16.2. The van der Waals surface area contributed by atoms with Crippen LogP contribution in [-0.4, -0.2) is 24.5 Å². The minimum absolute atomic E-state index is 0.0491. The zero-order valence-corrected chi connectivity index (χ0v) is 9.18. The van der Waals surface area contributed by atoms with Crippen LogP contribution in [0.15, 0.2) is 24.5 Å². The molecular formula is C11H17N3O. The summed E-state index contributed by atoms with van der Waals surface area (Å²) in [5, 5.41) is 0. The predicted octanol–water partition coefficient (Wildman–Crippen LogP) is 1.03. The summed E-state index contributed by atoms with van der Waals surface area (Å²) < 4.78 is 0. The van der Waals surface area contributed by atoms with E-state index in [9.17, 15) is 4.79 Å². The van der Waals surface area contributed by atoms with Gasteiger partial charge in [-0.25, -0.2) is 0 Å². The maximum absolute atomic E-state index is 11.9. The number of carbonyl (C=O) groups is 1. The maximum Gasteiger partial charge on any atom is 0.231 e. The molecule has 1 rings (SSSR count). The van der Waals surface area contributed by atoms with Gasteiger partial charge in [-0.1, -0.05) is 6.92 Å². The van der Waals surface area contributed by atoms with Crippen LogP contribution in [0.3, 0.4) is 0 Å². The lowest BCUT2D eigenvalue weighted by Gasteiger charge is -2.21. The van der Waals surface area contributed by atoms with Gasteiger partial charge in [0.25, 0.3) is 0 Å². The molecule has 0 bridgehead atoms. The molecule has 0 saturated carbocycles. The predicted molar refractivity (Wildman–Crippen MR) is 60.5 cm³/mol. The second-order valence-electron chi connectivity index (χ2n) is 3.45. The first-order valence-electron chi connectivity index (χ1n) is 5.08. The Balaban J connectivity index is 2.76. The largest absolute Gasteiger partial charge is 0.330 e. The van der Waals surface area contributed by atoms with Gasteiger partial charge in [0.05, 0.1) is 17.8 Å². The average molecular weight is 207 g/mol. The maximum atomic E-state index is 11.9. The number of rotatable bonds is 4. The van der Waals surface area contributed by atoms with Gasteiger partial charge in [0, 0.05) is 19.8 Å². The molecule has 1 heterocycles. The van der Waals surface area contributed by atoms with Gasteiger partial charge in [0.1, 0.15) is 0 Å². The number of hydrogen-bond acceptors (Lipinski definition) is 3. The minimum atomic E-state index is -0.102. The lowest BCUT2D eigenvalue weighted by atomic mass is 10.1. The first-order chi connectivity index (χ1) is 7.20. The van der Waals surface area contributed by atoms with Crippen molar-refractivity contribution in [1.82, 2.24) is 4.98 Å². The van der Waals surface area contributed by atoms with E-state index in [0.29, 0.717) is 6.54 Å². The van der Waals surface area contributed by atoms with Gasteiger partial charge in [-0.15, -0.1) is 0 Å². The van der Waals surface area contributed by atoms with Crippen LogP contribution in [-0.2, 0) is 4.79 Å². The lowest BCUT2D eigenvalue weighted by molar-refractivity contribution is -0.121. The van der Waals surface area contributed by atoms with Crippen molar-refractivity contribution in [3.8, 4) is 0 Å². The van der Waals surface area contributed by atoms with Crippen molar-refractivity contribution in [2.24, 2.45) is 11.7 Å². The average Bonchev–Trinajstić information content (AvgIpc) is 2.30. The van der Waals surface area contributed by atoms with Crippen molar-refractivity contribution in [2.75, 3.05) is 18.5 Å². The fourth-order valence-electron chi connectivity index (χ4n) is 1.40. The third kappa shape index (κ3) is 2.76. The third-order valence-electron chi connectivity index (χ3n) is 2.49. The number of hydrogen-bond donors (Lipinski definition) is 1. The number of carbonyl (C=O) groups excluding carboxylic acids is 1. The summed E-state index contributed by atoms with van der Waals surface area (Å²) in [6.45, 7) is 2.35. The summed E-state index contributed by atoms with van der Waals surface area (Å²) in [4.78, 5) is 17.5. The molecule has 4 nitrogen and oxygen atoms in total. The third-order valence-corrected chi connectivity index (χ3v) is 2.49. The molecule has 1 amide bonds. The number of anilines is 1. The Morgan fingerprint density at radius 2 is 2.40 bits per heavy atom. The van der Waals surface area contributed by atoms with E-state index in [4.69, 9.17) is 5.73 Å². The lowest BCUT2D eigenvalue weighted by Crippen LogP contribution is -2.36. The standard InChI is InChI=1S/C11H17N3O/c1-3-9(7-12)11(15)14(2)10-5-4-6-13-8-10/h4-6,8-9H,3,7,12H2,1-2H3. The van der Waals surface area contributed by atoms with Gasteiger partial charge >= 0.3 is 0 Å². The fraction of sp³-hybridized carbons (Fsp3) is 0.455. The fourth-order valence-corrected chi connectivity index (χ4v) is 1.40. The van der Waals surface area contributed by atoms with E-state index >= 15 is 0 Å². The zero-order valence-electron chi connectivity index (χ0n) is 9.18. The number of nitrogens with zero attached hydrogens (tertiary/aromatic N) is 2. The topological polar surface area (TPSA) is 59.2 Å². The van der Waals surface area contributed by atoms with Crippen molar-refractivity contribution in [3.05, 3.63) is 24.5 Å². The summed E-state index contributed by atoms with van der Waals surface area (Å²) in [5.41, 5.74) is 6.34. The Kier molecular flexibility index (Phi) is 4.24. The molecule has 1 aromatic rings. The number of nitrogens with two attached hydrogens (primary N) is 1. The van der Waals surface area contributed by atoms with Crippen LogP contribution < -0.4 is 10.6 Å². The Hall–Kier alpha value is -1.42. The van der Waals surface area contributed by atoms with Crippen molar-refractivity contribution >= 4 is 11.6 Å². The highest BCUT2D eigenvalue weighted by Gasteiger charge is 2.19. The molecular weight excluding hydrogens is 190 g/mol. The van der Waals surface area contributed by atoms with E-state index in [-0.39, 0.29) is 11.8 Å². The van der Waals surface area contributed by atoms with E-state index in [2.05, 4.69) is 4.98 Å². The van der Waals surface area contributed by atoms with Crippen molar-refractivity contribution < 1.29 is 4.79 Å². The van der Waals surface area contributed by atoms with Crippen LogP contribution in [0.5, 0.6) is 0 Å². The summed E-state index contributed by atoms with van der Waals surface area (Å²) in [5.74, 6) is -0.0526. The summed E-state index contributed by atoms with van der Waals surface area (Å²) in [6, 6.07) is 3.66. The van der Waals surface area contributed by atoms with Crippen LogP contribution in [0.2, 0.25) is 0 Å². The van der Waals surface area contributed by atoms with Gasteiger partial charge in [-0.05, 0) is 18.6 Å². The molecule has 0 fully saturated rings. The van der Waals surface area contributed by atoms with Crippen molar-refractivity contribution in [3.63, 3.8) is 0 Å². The van der Waals surface area contributed by atoms with Crippen LogP contribution in [0.4, 0.5) is 5.69 Å². The molecule has 1 atom stereocenters. The summed E-state index contributed by atoms with van der Waals surface area (Å²) >= 11 is 0. The Labute approximate surface area is 90.1 Å². The normalized spacial score (nSPS) is 12.2. The Morgan fingerprint density at radius 3 is 2.87 bits per heavy atom. The molecule has 0 saturated heterocycles. The molecule has 0 aliphatic rings. The Morgan fingerprint density at radius 1 is 1.67 bits per heavy atom. The second-order valence-corrected chi connectivity index (χ2v) is 3.45. The van der Waals surface area contributed by atoms with E-state index in [1.54, 1.807) is 24.3 Å². The highest BCUT2D eigenvalue weighted by Crippen LogP contribution is 2.14. The van der Waals surface area contributed by atoms with Crippen LogP contribution in [0.25, 0.3) is 0 Å². The molecule has 2 N–H and O–H groups in total. The highest BCUT2D eigenvalue weighted by molar-refractivity contribution is 5.94. The number of amides is 1. The number of aromatic nitrogens is 1. The SMILES string of the molecule is CCC(CN)C(=O)N(C)c1cccnc1. The first kappa shape index (κ1) is 11.7. The monoisotopic (exact) mass is 207 g/mol. The summed E-state index contributed by atoms with van der Waals surface area (Å²) in [6.07, 6.45) is 4.11. The van der Waals surface area contributed by atoms with Gasteiger partial charge < -0.3 is 10.6 Å². The van der Waals surface area contributed by atoms with E-state index in [1.807, 2.05) is 19.1 Å². The van der Waals surface area contributed by atoms with Crippen LogP contribution in [0, 0.1) is 5.92 Å². The molecule has 0 aliphatic carbocycles. The molecule has 0 aliphatic heterocycles. The van der Waals surface area contributed by atoms with Crippen molar-refractivity contribution in [1.29, 1.82) is 0 Å². The number of pyridine rings is 1. The molecule has 1 aromatic heterocycles. The van der Waals surface area contributed by atoms with Crippen LogP contribution in [0.1, 0.15) is 13.3 Å². The van der Waals surface area contributed by atoms with Gasteiger partial charge in [0.15, 0.2) is 0 Å². The molecule has 15 heavy (non-hydrogen) atoms. The van der Waals surface area contributed by atoms with Gasteiger partial charge in [-0.3, -0.25) is 9.78 Å².